The van der Waals surface area contributed by atoms with Gasteiger partial charge in [0.05, 0.1) is 0 Å². The Morgan fingerprint density at radius 1 is 0.531 bits per heavy atom. The van der Waals surface area contributed by atoms with Crippen molar-refractivity contribution in [1.82, 2.24) is 0 Å². The van der Waals surface area contributed by atoms with E-state index in [1.807, 2.05) is 66.7 Å². The average Bonchev–Trinajstić information content (AvgIpc) is 2.73. The second-order valence-corrected chi connectivity index (χ2v) is 17.9. The first-order chi connectivity index (χ1) is 14.9. The van der Waals surface area contributed by atoms with Crippen molar-refractivity contribution < 1.29 is 9.13 Å². The van der Waals surface area contributed by atoms with Crippen LogP contribution in [0.15, 0.2) is 84.9 Å². The van der Waals surface area contributed by atoms with E-state index in [1.165, 1.54) is 0 Å². The Labute approximate surface area is 194 Å². The van der Waals surface area contributed by atoms with Crippen LogP contribution in [0.25, 0.3) is 0 Å². The predicted molar refractivity (Wildman–Crippen MR) is 141 cm³/mol. The van der Waals surface area contributed by atoms with Crippen molar-refractivity contribution in [3.05, 3.63) is 96.1 Å². The van der Waals surface area contributed by atoms with Crippen LogP contribution in [0.2, 0.25) is 0 Å². The summed E-state index contributed by atoms with van der Waals surface area (Å²) in [5.41, 5.74) is 2.08. The SMILES string of the molecule is CC(C)(C)[P@](=O)(Cc1cccc(C[P@](=O)(c2ccccc2)C(C)(C)C)c1)c1ccccc1. The maximum atomic E-state index is 14.3. The Balaban J connectivity index is 1.99. The minimum Gasteiger partial charge on any atom is -0.318 e. The van der Waals surface area contributed by atoms with Crippen LogP contribution < -0.4 is 10.6 Å². The van der Waals surface area contributed by atoms with Crippen molar-refractivity contribution in [3.63, 3.8) is 0 Å². The van der Waals surface area contributed by atoms with Gasteiger partial charge < -0.3 is 9.13 Å². The third-order valence-electron chi connectivity index (χ3n) is 6.32. The minimum absolute atomic E-state index is 0.352. The zero-order valence-corrected chi connectivity index (χ0v) is 22.0. The fraction of sp³-hybridized carbons (Fsp3) is 0.357. The molecule has 170 valence electrons. The van der Waals surface area contributed by atoms with Crippen LogP contribution in [-0.4, -0.2) is 10.3 Å². The lowest BCUT2D eigenvalue weighted by atomic mass is 10.2. The Morgan fingerprint density at radius 3 is 1.19 bits per heavy atom. The molecular formula is C28H36O2P2. The van der Waals surface area contributed by atoms with E-state index >= 15 is 0 Å². The largest absolute Gasteiger partial charge is 0.318 e. The first kappa shape index (κ1) is 24.8. The van der Waals surface area contributed by atoms with Crippen molar-refractivity contribution >= 4 is 24.9 Å². The molecule has 0 aliphatic heterocycles. The van der Waals surface area contributed by atoms with E-state index in [9.17, 15) is 9.13 Å². The van der Waals surface area contributed by atoms with Crippen LogP contribution in [-0.2, 0) is 21.5 Å². The second-order valence-electron chi connectivity index (χ2n) is 10.6. The molecule has 0 unspecified atom stereocenters. The van der Waals surface area contributed by atoms with Gasteiger partial charge >= 0.3 is 0 Å². The molecule has 0 saturated heterocycles. The normalized spacial score (nSPS) is 16.2. The van der Waals surface area contributed by atoms with Crippen molar-refractivity contribution in [2.75, 3.05) is 0 Å². The molecular weight excluding hydrogens is 430 g/mol. The molecule has 0 heterocycles. The van der Waals surface area contributed by atoms with Gasteiger partial charge in [-0.1, -0.05) is 126 Å². The first-order valence-electron chi connectivity index (χ1n) is 11.2. The monoisotopic (exact) mass is 466 g/mol. The Bertz CT molecular complexity index is 1050. The lowest BCUT2D eigenvalue weighted by Crippen LogP contribution is -2.25. The quantitative estimate of drug-likeness (QED) is 0.350. The van der Waals surface area contributed by atoms with Gasteiger partial charge in [-0.3, -0.25) is 0 Å². The second kappa shape index (κ2) is 9.17. The molecule has 0 aromatic heterocycles. The van der Waals surface area contributed by atoms with Gasteiger partial charge in [-0.25, -0.2) is 0 Å². The Kier molecular flexibility index (Phi) is 7.09. The van der Waals surface area contributed by atoms with Crippen LogP contribution >= 0.6 is 14.3 Å². The minimum atomic E-state index is -2.71. The predicted octanol–water partition coefficient (Wildman–Crippen LogP) is 7.66. The zero-order chi connectivity index (χ0) is 23.6. The highest BCUT2D eigenvalue weighted by atomic mass is 31.2. The summed E-state index contributed by atoms with van der Waals surface area (Å²) in [7, 11) is -5.42. The zero-order valence-electron chi connectivity index (χ0n) is 20.2. The van der Waals surface area contributed by atoms with Crippen LogP contribution in [0.4, 0.5) is 0 Å². The summed E-state index contributed by atoms with van der Waals surface area (Å²) in [5, 5.41) is 1.13. The molecule has 0 radical (unpaired) electrons. The van der Waals surface area contributed by atoms with E-state index in [0.29, 0.717) is 12.3 Å². The lowest BCUT2D eigenvalue weighted by molar-refractivity contribution is 0.555. The highest BCUT2D eigenvalue weighted by Crippen LogP contribution is 2.60. The van der Waals surface area contributed by atoms with Gasteiger partial charge in [0.2, 0.25) is 0 Å². The summed E-state index contributed by atoms with van der Waals surface area (Å²) >= 11 is 0. The van der Waals surface area contributed by atoms with Crippen molar-refractivity contribution in [3.8, 4) is 0 Å². The van der Waals surface area contributed by atoms with Crippen molar-refractivity contribution in [1.29, 1.82) is 0 Å². The molecule has 2 nitrogen and oxygen atoms in total. The van der Waals surface area contributed by atoms with E-state index in [1.54, 1.807) is 0 Å². The standard InChI is InChI=1S/C28H36O2P2/c1-27(2,3)31(29,25-16-9-7-10-17-25)21-23-14-13-15-24(20-23)22-32(30,28(4,5)6)26-18-11-8-12-19-26/h7-20H,21-22H2,1-6H3/t31-,32-/m0/s1. The molecule has 0 bridgehead atoms. The molecule has 0 amide bonds. The van der Waals surface area contributed by atoms with Gasteiger partial charge in [0.15, 0.2) is 0 Å². The average molecular weight is 467 g/mol. The molecule has 0 fully saturated rings. The third kappa shape index (κ3) is 5.03. The number of benzene rings is 3. The summed E-state index contributed by atoms with van der Waals surface area (Å²) < 4.78 is 28.7. The summed E-state index contributed by atoms with van der Waals surface area (Å²) in [4.78, 5) is 0. The Hall–Kier alpha value is -1.88. The van der Waals surface area contributed by atoms with Gasteiger partial charge in [-0.05, 0) is 11.1 Å². The molecule has 0 aliphatic carbocycles. The lowest BCUT2D eigenvalue weighted by Gasteiger charge is -2.33. The number of rotatable bonds is 6. The van der Waals surface area contributed by atoms with Crippen LogP contribution in [0.5, 0.6) is 0 Å². The fourth-order valence-electron chi connectivity index (χ4n) is 4.11. The van der Waals surface area contributed by atoms with E-state index < -0.39 is 14.3 Å². The molecule has 32 heavy (non-hydrogen) atoms. The molecule has 3 aromatic carbocycles. The van der Waals surface area contributed by atoms with Gasteiger partial charge in [0.1, 0.15) is 14.3 Å². The molecule has 4 heteroatoms. The fourth-order valence-corrected chi connectivity index (χ4v) is 9.70. The van der Waals surface area contributed by atoms with Crippen LogP contribution in [0, 0.1) is 0 Å². The molecule has 0 N–H and O–H groups in total. The molecule has 3 rings (SSSR count). The van der Waals surface area contributed by atoms with E-state index in [4.69, 9.17) is 0 Å². The molecule has 0 saturated carbocycles. The highest BCUT2D eigenvalue weighted by Gasteiger charge is 2.39. The Morgan fingerprint density at radius 2 is 0.875 bits per heavy atom. The summed E-state index contributed by atoms with van der Waals surface area (Å²) in [5.74, 6) is 0. The van der Waals surface area contributed by atoms with Gasteiger partial charge in [0, 0.05) is 33.2 Å². The summed E-state index contributed by atoms with van der Waals surface area (Å²) in [6.07, 6.45) is 0.999. The van der Waals surface area contributed by atoms with Crippen molar-refractivity contribution in [2.45, 2.75) is 64.2 Å². The maximum Gasteiger partial charge on any atom is 0.124 e. The highest BCUT2D eigenvalue weighted by molar-refractivity contribution is 7.72. The maximum absolute atomic E-state index is 14.3. The van der Waals surface area contributed by atoms with E-state index in [2.05, 4.69) is 59.7 Å². The van der Waals surface area contributed by atoms with Crippen LogP contribution in [0.3, 0.4) is 0 Å². The first-order valence-corrected chi connectivity index (χ1v) is 15.0. The number of hydrogen-bond acceptors (Lipinski definition) is 2. The molecule has 2 atom stereocenters. The van der Waals surface area contributed by atoms with Gasteiger partial charge in [-0.2, -0.15) is 0 Å². The van der Waals surface area contributed by atoms with E-state index in [0.717, 1.165) is 21.7 Å². The molecule has 0 aliphatic rings. The third-order valence-corrected chi connectivity index (χ3v) is 14.5. The molecule has 0 spiro atoms. The smallest absolute Gasteiger partial charge is 0.124 e. The van der Waals surface area contributed by atoms with Crippen molar-refractivity contribution in [2.24, 2.45) is 0 Å². The van der Waals surface area contributed by atoms with E-state index in [-0.39, 0.29) is 10.3 Å². The van der Waals surface area contributed by atoms with Gasteiger partial charge in [0.25, 0.3) is 0 Å². The number of hydrogen-bond donors (Lipinski definition) is 0. The van der Waals surface area contributed by atoms with Gasteiger partial charge in [-0.15, -0.1) is 0 Å². The summed E-state index contributed by atoms with van der Waals surface area (Å²) in [6.45, 7) is 12.4. The van der Waals surface area contributed by atoms with Crippen LogP contribution in [0.1, 0.15) is 52.7 Å². The topological polar surface area (TPSA) is 34.1 Å². The summed E-state index contributed by atoms with van der Waals surface area (Å²) in [6, 6.07) is 27.9. The molecule has 3 aromatic rings.